The van der Waals surface area contributed by atoms with Crippen molar-refractivity contribution < 1.29 is 4.79 Å². The molecule has 1 heterocycles. The van der Waals surface area contributed by atoms with Gasteiger partial charge in [-0.25, -0.2) is 0 Å². The lowest BCUT2D eigenvalue weighted by Gasteiger charge is -2.27. The van der Waals surface area contributed by atoms with E-state index >= 15 is 0 Å². The average Bonchev–Trinajstić information content (AvgIpc) is 2.86. The van der Waals surface area contributed by atoms with Gasteiger partial charge in [0.25, 0.3) is 5.91 Å². The number of thiocarbonyl (C=S) groups is 1. The summed E-state index contributed by atoms with van der Waals surface area (Å²) in [4.78, 5) is 14.3. The maximum absolute atomic E-state index is 12.5. The first kappa shape index (κ1) is 16.7. The van der Waals surface area contributed by atoms with Crippen LogP contribution >= 0.6 is 12.2 Å². The fraction of sp³-hybridized carbons (Fsp3) is 0.300. The van der Waals surface area contributed by atoms with Crippen LogP contribution in [-0.4, -0.2) is 22.0 Å². The Balaban J connectivity index is 1.76. The summed E-state index contributed by atoms with van der Waals surface area (Å²) in [6.45, 7) is 1.86. The highest BCUT2D eigenvalue weighted by Gasteiger charge is 2.37. The highest BCUT2D eigenvalue weighted by Crippen LogP contribution is 2.29. The fourth-order valence-electron chi connectivity index (χ4n) is 3.18. The molecule has 0 saturated carbocycles. The van der Waals surface area contributed by atoms with Crippen molar-refractivity contribution in [2.24, 2.45) is 0 Å². The number of nitrogens with zero attached hydrogens (tertiary/aromatic N) is 1. The van der Waals surface area contributed by atoms with Crippen LogP contribution in [0.3, 0.4) is 0 Å². The van der Waals surface area contributed by atoms with Gasteiger partial charge in [0.1, 0.15) is 6.04 Å². The zero-order valence-electron chi connectivity index (χ0n) is 13.8. The van der Waals surface area contributed by atoms with E-state index in [0.29, 0.717) is 5.11 Å². The number of benzene rings is 2. The van der Waals surface area contributed by atoms with Crippen LogP contribution in [0.25, 0.3) is 0 Å². The topological polar surface area (TPSA) is 32.3 Å². The van der Waals surface area contributed by atoms with Crippen molar-refractivity contribution in [2.45, 2.75) is 38.3 Å². The fourth-order valence-corrected chi connectivity index (χ4v) is 3.58. The summed E-state index contributed by atoms with van der Waals surface area (Å²) in [5, 5.41) is 3.63. The van der Waals surface area contributed by atoms with Gasteiger partial charge in [-0.1, -0.05) is 60.7 Å². The van der Waals surface area contributed by atoms with Gasteiger partial charge in [0, 0.05) is 0 Å². The summed E-state index contributed by atoms with van der Waals surface area (Å²) in [6, 6.07) is 20.4. The van der Waals surface area contributed by atoms with E-state index in [-0.39, 0.29) is 18.0 Å². The van der Waals surface area contributed by atoms with E-state index in [1.165, 1.54) is 5.56 Å². The molecule has 3 rings (SSSR count). The third-order valence-electron chi connectivity index (χ3n) is 4.45. The minimum atomic E-state index is -0.238. The van der Waals surface area contributed by atoms with E-state index in [4.69, 9.17) is 12.2 Å². The Kier molecular flexibility index (Phi) is 5.26. The highest BCUT2D eigenvalue weighted by atomic mass is 32.1. The molecule has 1 aliphatic heterocycles. The average molecular weight is 338 g/mol. The summed E-state index contributed by atoms with van der Waals surface area (Å²) in [6.07, 6.45) is 2.89. The summed E-state index contributed by atoms with van der Waals surface area (Å²) in [5.74, 6) is 0.0635. The molecule has 4 heteroatoms. The number of amides is 1. The van der Waals surface area contributed by atoms with Crippen molar-refractivity contribution in [3.05, 3.63) is 71.8 Å². The highest BCUT2D eigenvalue weighted by molar-refractivity contribution is 7.80. The molecule has 1 aliphatic rings. The second-order valence-corrected chi connectivity index (χ2v) is 6.57. The predicted octanol–water partition coefficient (Wildman–Crippen LogP) is 3.86. The molecule has 1 amide bonds. The molecule has 124 valence electrons. The number of hydrogen-bond acceptors (Lipinski definition) is 2. The van der Waals surface area contributed by atoms with Crippen molar-refractivity contribution >= 4 is 23.2 Å². The molecule has 24 heavy (non-hydrogen) atoms. The Morgan fingerprint density at radius 2 is 1.71 bits per heavy atom. The first-order valence-electron chi connectivity index (χ1n) is 8.39. The molecular formula is C20H22N2OS. The van der Waals surface area contributed by atoms with Crippen molar-refractivity contribution in [2.75, 3.05) is 0 Å². The SMILES string of the molecule is C[C@H]1NC(=S)N([C@@H](CCCc2ccccc2)c2ccccc2)C1=O. The lowest BCUT2D eigenvalue weighted by molar-refractivity contribution is -0.128. The van der Waals surface area contributed by atoms with Gasteiger partial charge in [-0.05, 0) is 49.5 Å². The molecule has 2 aromatic carbocycles. The Labute approximate surface area is 148 Å². The Morgan fingerprint density at radius 1 is 1.08 bits per heavy atom. The van der Waals surface area contributed by atoms with Crippen molar-refractivity contribution in [1.29, 1.82) is 0 Å². The molecule has 1 fully saturated rings. The molecular weight excluding hydrogens is 316 g/mol. The van der Waals surface area contributed by atoms with E-state index in [9.17, 15) is 4.79 Å². The zero-order valence-corrected chi connectivity index (χ0v) is 14.6. The molecule has 2 atom stereocenters. The molecule has 2 aromatic rings. The molecule has 3 nitrogen and oxygen atoms in total. The summed E-state index contributed by atoms with van der Waals surface area (Å²) in [5.41, 5.74) is 2.46. The van der Waals surface area contributed by atoms with Gasteiger partial charge in [0.2, 0.25) is 0 Å². The lowest BCUT2D eigenvalue weighted by Crippen LogP contribution is -2.35. The van der Waals surface area contributed by atoms with Crippen LogP contribution in [0, 0.1) is 0 Å². The van der Waals surface area contributed by atoms with Gasteiger partial charge in [-0.15, -0.1) is 0 Å². The maximum atomic E-state index is 12.5. The first-order chi connectivity index (χ1) is 11.7. The number of rotatable bonds is 6. The normalized spacial score (nSPS) is 18.5. The third kappa shape index (κ3) is 3.65. The number of carbonyl (C=O) groups is 1. The van der Waals surface area contributed by atoms with E-state index in [1.807, 2.05) is 31.2 Å². The van der Waals surface area contributed by atoms with E-state index < -0.39 is 0 Å². The molecule has 0 radical (unpaired) electrons. The van der Waals surface area contributed by atoms with Crippen molar-refractivity contribution in [3.8, 4) is 0 Å². The van der Waals surface area contributed by atoms with E-state index in [0.717, 1.165) is 24.8 Å². The first-order valence-corrected chi connectivity index (χ1v) is 8.80. The Hall–Kier alpha value is -2.20. The summed E-state index contributed by atoms with van der Waals surface area (Å²) in [7, 11) is 0. The van der Waals surface area contributed by atoms with Crippen LogP contribution in [0.5, 0.6) is 0 Å². The van der Waals surface area contributed by atoms with Gasteiger partial charge in [0.15, 0.2) is 5.11 Å². The summed E-state index contributed by atoms with van der Waals surface area (Å²) >= 11 is 5.41. The van der Waals surface area contributed by atoms with Gasteiger partial charge in [-0.3, -0.25) is 9.69 Å². The van der Waals surface area contributed by atoms with Crippen molar-refractivity contribution in [3.63, 3.8) is 0 Å². The molecule has 1 saturated heterocycles. The summed E-state index contributed by atoms with van der Waals surface area (Å²) < 4.78 is 0. The molecule has 1 N–H and O–H groups in total. The largest absolute Gasteiger partial charge is 0.351 e. The number of carbonyl (C=O) groups excluding carboxylic acids is 1. The van der Waals surface area contributed by atoms with Crippen LogP contribution in [-0.2, 0) is 11.2 Å². The van der Waals surface area contributed by atoms with Gasteiger partial charge < -0.3 is 5.32 Å². The van der Waals surface area contributed by atoms with E-state index in [2.05, 4.69) is 41.7 Å². The lowest BCUT2D eigenvalue weighted by atomic mass is 9.97. The molecule has 0 spiro atoms. The third-order valence-corrected chi connectivity index (χ3v) is 4.76. The second kappa shape index (κ2) is 7.58. The van der Waals surface area contributed by atoms with Crippen LogP contribution in [0.1, 0.15) is 36.9 Å². The minimum absolute atomic E-state index is 0.00707. The van der Waals surface area contributed by atoms with Crippen LogP contribution < -0.4 is 5.32 Å². The number of hydrogen-bond donors (Lipinski definition) is 1. The van der Waals surface area contributed by atoms with Crippen LogP contribution in [0.2, 0.25) is 0 Å². The van der Waals surface area contributed by atoms with Crippen LogP contribution in [0.4, 0.5) is 0 Å². The Morgan fingerprint density at radius 3 is 2.29 bits per heavy atom. The van der Waals surface area contributed by atoms with Crippen molar-refractivity contribution in [1.82, 2.24) is 10.2 Å². The smallest absolute Gasteiger partial charge is 0.251 e. The molecule has 0 unspecified atom stereocenters. The Bertz CT molecular complexity index is 702. The zero-order chi connectivity index (χ0) is 16.9. The monoisotopic (exact) mass is 338 g/mol. The van der Waals surface area contributed by atoms with Gasteiger partial charge >= 0.3 is 0 Å². The van der Waals surface area contributed by atoms with Gasteiger partial charge in [-0.2, -0.15) is 0 Å². The molecule has 0 aliphatic carbocycles. The predicted molar refractivity (Wildman–Crippen MR) is 101 cm³/mol. The molecule has 0 bridgehead atoms. The quantitative estimate of drug-likeness (QED) is 0.812. The van der Waals surface area contributed by atoms with Gasteiger partial charge in [0.05, 0.1) is 6.04 Å². The molecule has 0 aromatic heterocycles. The standard InChI is InChI=1S/C20H22N2OS/c1-15-19(23)22(20(24)21-15)18(17-12-6-3-7-13-17)14-8-11-16-9-4-2-5-10-16/h2-7,9-10,12-13,15,18H,8,11,14H2,1H3,(H,21,24)/t15-,18+/m1/s1. The number of nitrogens with one attached hydrogen (secondary N) is 1. The maximum Gasteiger partial charge on any atom is 0.251 e. The van der Waals surface area contributed by atoms with E-state index in [1.54, 1.807) is 4.90 Å². The minimum Gasteiger partial charge on any atom is -0.351 e. The second-order valence-electron chi connectivity index (χ2n) is 6.18. The van der Waals surface area contributed by atoms with Crippen LogP contribution in [0.15, 0.2) is 60.7 Å². The number of aryl methyl sites for hydroxylation is 1.